The van der Waals surface area contributed by atoms with Crippen molar-refractivity contribution < 1.29 is 10.2 Å². The molecular weight excluding hydrogens is 368 g/mol. The number of fused-ring (bicyclic) bond motifs is 5. The monoisotopic (exact) mass is 420 g/mol. The zero-order valence-corrected chi connectivity index (χ0v) is 21.1. The summed E-state index contributed by atoms with van der Waals surface area (Å²) >= 11 is 0. The summed E-state index contributed by atoms with van der Waals surface area (Å²) in [7, 11) is 0. The van der Waals surface area contributed by atoms with Gasteiger partial charge in [0.15, 0.2) is 0 Å². The standard InChI is InChI=1S/C26H46O2.C2H6/c1-24(2,28)14-6-5-7-18-9-11-22-21-10-8-19-17-20(27)12-15-26(19,4)23(21)13-16-25(18,22)3;1-2/h18-23,27-28H,5-17H2,1-4H3;1-2H3/t18-,19?,20-,21-,22?,23?,25?,26-;/m0./s1. The van der Waals surface area contributed by atoms with Crippen LogP contribution in [0.4, 0.5) is 0 Å². The summed E-state index contributed by atoms with van der Waals surface area (Å²) in [6.07, 6.45) is 16.8. The van der Waals surface area contributed by atoms with Gasteiger partial charge < -0.3 is 10.2 Å². The Morgan fingerprint density at radius 3 is 2.20 bits per heavy atom. The SMILES string of the molecule is CC.CC(C)(O)CCCC[C@H]1CCC2[C@@H]3CCC4C[C@@H](O)CC[C@]4(C)C3CCC21C. The molecule has 0 aromatic rings. The lowest BCUT2D eigenvalue weighted by Crippen LogP contribution is -2.53. The van der Waals surface area contributed by atoms with Crippen molar-refractivity contribution in [3.8, 4) is 0 Å². The van der Waals surface area contributed by atoms with E-state index in [2.05, 4.69) is 13.8 Å². The second kappa shape index (κ2) is 9.42. The number of aliphatic hydroxyl groups is 2. The molecule has 4 unspecified atom stereocenters. The third-order valence-electron chi connectivity index (χ3n) is 10.4. The first-order valence-electron chi connectivity index (χ1n) is 13.5. The lowest BCUT2D eigenvalue weighted by atomic mass is 9.44. The highest BCUT2D eigenvalue weighted by atomic mass is 16.3. The molecule has 8 atom stereocenters. The normalized spacial score (nSPS) is 45.6. The average Bonchev–Trinajstić information content (AvgIpc) is 3.03. The van der Waals surface area contributed by atoms with Gasteiger partial charge in [-0.15, -0.1) is 0 Å². The summed E-state index contributed by atoms with van der Waals surface area (Å²) in [5, 5.41) is 20.2. The second-order valence-corrected chi connectivity index (χ2v) is 12.5. The van der Waals surface area contributed by atoms with Crippen molar-refractivity contribution in [3.05, 3.63) is 0 Å². The van der Waals surface area contributed by atoms with Crippen LogP contribution >= 0.6 is 0 Å². The van der Waals surface area contributed by atoms with Gasteiger partial charge in [-0.2, -0.15) is 0 Å². The van der Waals surface area contributed by atoms with Crippen LogP contribution in [-0.2, 0) is 0 Å². The number of rotatable bonds is 5. The van der Waals surface area contributed by atoms with Gasteiger partial charge in [0, 0.05) is 0 Å². The van der Waals surface area contributed by atoms with E-state index < -0.39 is 5.60 Å². The van der Waals surface area contributed by atoms with Crippen LogP contribution in [0.2, 0.25) is 0 Å². The molecule has 0 bridgehead atoms. The van der Waals surface area contributed by atoms with Crippen LogP contribution in [0, 0.1) is 40.4 Å². The van der Waals surface area contributed by atoms with E-state index in [1.165, 1.54) is 64.2 Å². The van der Waals surface area contributed by atoms with E-state index >= 15 is 0 Å². The van der Waals surface area contributed by atoms with Gasteiger partial charge in [-0.3, -0.25) is 0 Å². The summed E-state index contributed by atoms with van der Waals surface area (Å²) in [4.78, 5) is 0. The molecule has 0 heterocycles. The minimum atomic E-state index is -0.498. The minimum Gasteiger partial charge on any atom is -0.393 e. The minimum absolute atomic E-state index is 0.0248. The van der Waals surface area contributed by atoms with E-state index in [9.17, 15) is 10.2 Å². The third kappa shape index (κ3) is 4.66. The Kier molecular flexibility index (Phi) is 7.71. The number of unbranched alkanes of at least 4 members (excludes halogenated alkanes) is 1. The molecule has 0 saturated heterocycles. The van der Waals surface area contributed by atoms with E-state index in [0.29, 0.717) is 10.8 Å². The lowest BCUT2D eigenvalue weighted by Gasteiger charge is -2.61. The smallest absolute Gasteiger partial charge is 0.0591 e. The molecule has 4 rings (SSSR count). The molecule has 2 N–H and O–H groups in total. The van der Waals surface area contributed by atoms with Gasteiger partial charge in [-0.05, 0) is 125 Å². The first kappa shape index (κ1) is 24.6. The van der Waals surface area contributed by atoms with Gasteiger partial charge in [-0.25, -0.2) is 0 Å². The van der Waals surface area contributed by atoms with Crippen molar-refractivity contribution in [2.75, 3.05) is 0 Å². The maximum atomic E-state index is 10.2. The molecule has 4 aliphatic rings. The number of hydrogen-bond acceptors (Lipinski definition) is 2. The van der Waals surface area contributed by atoms with Crippen molar-refractivity contribution in [1.29, 1.82) is 0 Å². The van der Waals surface area contributed by atoms with Crippen LogP contribution in [0.5, 0.6) is 0 Å². The van der Waals surface area contributed by atoms with Gasteiger partial charge in [0.1, 0.15) is 0 Å². The van der Waals surface area contributed by atoms with E-state index in [4.69, 9.17) is 0 Å². The van der Waals surface area contributed by atoms with Crippen LogP contribution in [0.25, 0.3) is 0 Å². The van der Waals surface area contributed by atoms with Gasteiger partial charge in [0.05, 0.1) is 11.7 Å². The highest BCUT2D eigenvalue weighted by Gasteiger charge is 2.59. The largest absolute Gasteiger partial charge is 0.393 e. The maximum Gasteiger partial charge on any atom is 0.0591 e. The predicted octanol–water partition coefficient (Wildman–Crippen LogP) is 7.36. The average molecular weight is 421 g/mol. The van der Waals surface area contributed by atoms with Crippen LogP contribution in [-0.4, -0.2) is 21.9 Å². The van der Waals surface area contributed by atoms with Crippen LogP contribution in [0.1, 0.15) is 125 Å². The molecule has 2 heteroatoms. The fraction of sp³-hybridized carbons (Fsp3) is 1.00. The summed E-state index contributed by atoms with van der Waals surface area (Å²) in [6, 6.07) is 0. The van der Waals surface area contributed by atoms with Crippen molar-refractivity contribution in [3.63, 3.8) is 0 Å². The molecule has 0 aliphatic heterocycles. The molecule has 0 aromatic heterocycles. The van der Waals surface area contributed by atoms with Gasteiger partial charge in [-0.1, -0.05) is 40.5 Å². The Balaban J connectivity index is 0.00000124. The van der Waals surface area contributed by atoms with Crippen molar-refractivity contribution >= 4 is 0 Å². The molecule has 0 spiro atoms. The molecule has 4 fully saturated rings. The molecule has 30 heavy (non-hydrogen) atoms. The quantitative estimate of drug-likeness (QED) is 0.456. The Morgan fingerprint density at radius 1 is 0.833 bits per heavy atom. The van der Waals surface area contributed by atoms with Crippen LogP contribution < -0.4 is 0 Å². The Labute approximate surface area is 187 Å². The summed E-state index contributed by atoms with van der Waals surface area (Å²) < 4.78 is 0. The molecule has 0 radical (unpaired) electrons. The summed E-state index contributed by atoms with van der Waals surface area (Å²) in [6.45, 7) is 13.2. The first-order valence-corrected chi connectivity index (χ1v) is 13.5. The van der Waals surface area contributed by atoms with Crippen molar-refractivity contribution in [2.24, 2.45) is 40.4 Å². The molecular formula is C28H52O2. The number of hydrogen-bond donors (Lipinski definition) is 2. The van der Waals surface area contributed by atoms with Crippen molar-refractivity contribution in [2.45, 2.75) is 137 Å². The lowest BCUT2D eigenvalue weighted by molar-refractivity contribution is -0.127. The predicted molar refractivity (Wildman–Crippen MR) is 127 cm³/mol. The maximum absolute atomic E-state index is 10.2. The van der Waals surface area contributed by atoms with Gasteiger partial charge in [0.2, 0.25) is 0 Å². The fourth-order valence-corrected chi connectivity index (χ4v) is 8.77. The molecule has 4 saturated carbocycles. The zero-order valence-electron chi connectivity index (χ0n) is 21.1. The molecule has 176 valence electrons. The topological polar surface area (TPSA) is 40.5 Å². The Morgan fingerprint density at radius 2 is 1.50 bits per heavy atom. The van der Waals surface area contributed by atoms with Crippen LogP contribution in [0.3, 0.4) is 0 Å². The molecule has 2 nitrogen and oxygen atoms in total. The zero-order chi connectivity index (χ0) is 22.2. The number of aliphatic hydroxyl groups excluding tert-OH is 1. The van der Waals surface area contributed by atoms with Gasteiger partial charge in [0.25, 0.3) is 0 Å². The third-order valence-corrected chi connectivity index (χ3v) is 10.4. The highest BCUT2D eigenvalue weighted by Crippen LogP contribution is 2.67. The molecule has 0 amide bonds. The van der Waals surface area contributed by atoms with Gasteiger partial charge >= 0.3 is 0 Å². The molecule has 4 aliphatic carbocycles. The first-order chi connectivity index (χ1) is 14.1. The van der Waals surface area contributed by atoms with E-state index in [1.807, 2.05) is 27.7 Å². The van der Waals surface area contributed by atoms with Crippen LogP contribution in [0.15, 0.2) is 0 Å². The second-order valence-electron chi connectivity index (χ2n) is 12.5. The Hall–Kier alpha value is -0.0800. The molecule has 0 aromatic carbocycles. The highest BCUT2D eigenvalue weighted by molar-refractivity contribution is 5.09. The Bertz CT molecular complexity index is 551. The van der Waals surface area contributed by atoms with E-state index in [-0.39, 0.29) is 6.10 Å². The summed E-state index contributed by atoms with van der Waals surface area (Å²) in [5.41, 5.74) is 0.587. The fourth-order valence-electron chi connectivity index (χ4n) is 8.77. The summed E-state index contributed by atoms with van der Waals surface area (Å²) in [5.74, 6) is 4.53. The van der Waals surface area contributed by atoms with Crippen molar-refractivity contribution in [1.82, 2.24) is 0 Å². The van der Waals surface area contributed by atoms with E-state index in [0.717, 1.165) is 48.9 Å². The van der Waals surface area contributed by atoms with E-state index in [1.54, 1.807) is 0 Å².